The third kappa shape index (κ3) is 4.64. The Morgan fingerprint density at radius 3 is 2.81 bits per heavy atom. The number of hydrogen-bond donors (Lipinski definition) is 2. The molecule has 2 heterocycles. The summed E-state index contributed by atoms with van der Waals surface area (Å²) in [5, 5.41) is 13.5. The number of nitrogens with two attached hydrogens (primary N) is 1. The van der Waals surface area contributed by atoms with Gasteiger partial charge in [0.1, 0.15) is 6.61 Å². The molecule has 1 unspecified atom stereocenters. The van der Waals surface area contributed by atoms with Crippen LogP contribution in [0.3, 0.4) is 0 Å². The van der Waals surface area contributed by atoms with Gasteiger partial charge in [-0.1, -0.05) is 56.2 Å². The quantitative estimate of drug-likeness (QED) is 0.326. The highest BCUT2D eigenvalue weighted by Gasteiger charge is 2.40. The number of tetrazole rings is 1. The monoisotopic (exact) mass is 419 g/mol. The van der Waals surface area contributed by atoms with E-state index in [1.807, 2.05) is 12.1 Å². The van der Waals surface area contributed by atoms with Crippen LogP contribution in [0, 0.1) is 0 Å². The highest BCUT2D eigenvalue weighted by atomic mass is 16.6. The summed E-state index contributed by atoms with van der Waals surface area (Å²) in [7, 11) is 0. The summed E-state index contributed by atoms with van der Waals surface area (Å²) in [6, 6.07) is 13.4. The average Bonchev–Trinajstić information content (AvgIpc) is 3.34. The first-order valence-electron chi connectivity index (χ1n) is 10.4. The van der Waals surface area contributed by atoms with Crippen molar-refractivity contribution in [3.63, 3.8) is 0 Å². The molecule has 0 saturated heterocycles. The third-order valence-electron chi connectivity index (χ3n) is 5.19. The number of para-hydroxylation sites is 1. The van der Waals surface area contributed by atoms with Crippen molar-refractivity contribution in [2.24, 2.45) is 5.73 Å². The van der Waals surface area contributed by atoms with Gasteiger partial charge in [-0.2, -0.15) is 0 Å². The van der Waals surface area contributed by atoms with E-state index in [1.165, 1.54) is 30.9 Å². The smallest absolute Gasteiger partial charge is 0.254 e. The van der Waals surface area contributed by atoms with Crippen LogP contribution in [0.25, 0.3) is 6.08 Å². The third-order valence-corrected chi connectivity index (χ3v) is 5.19. The zero-order valence-corrected chi connectivity index (χ0v) is 17.4. The van der Waals surface area contributed by atoms with E-state index in [2.05, 4.69) is 39.7 Å². The molecule has 0 radical (unpaired) electrons. The molecule has 4 rings (SSSR count). The molecule has 1 aromatic heterocycles. The number of aryl methyl sites for hydroxylation is 1. The molecule has 1 atom stereocenters. The van der Waals surface area contributed by atoms with E-state index in [4.69, 9.17) is 15.2 Å². The van der Waals surface area contributed by atoms with E-state index in [1.54, 1.807) is 24.3 Å². The molecule has 3 aromatic rings. The fraction of sp³-hybridized carbons (Fsp3) is 0.304. The van der Waals surface area contributed by atoms with Crippen LogP contribution in [0.5, 0.6) is 11.5 Å². The van der Waals surface area contributed by atoms with Gasteiger partial charge in [-0.05, 0) is 52.6 Å². The fourth-order valence-corrected chi connectivity index (χ4v) is 3.42. The van der Waals surface area contributed by atoms with E-state index < -0.39 is 5.72 Å². The zero-order chi connectivity index (χ0) is 21.7. The van der Waals surface area contributed by atoms with E-state index in [0.29, 0.717) is 11.3 Å². The molecule has 0 spiro atoms. The summed E-state index contributed by atoms with van der Waals surface area (Å²) in [5.41, 5.74) is 7.48. The van der Waals surface area contributed by atoms with Crippen LogP contribution in [0.1, 0.15) is 53.5 Å². The maximum Gasteiger partial charge on any atom is 0.254 e. The van der Waals surface area contributed by atoms with Gasteiger partial charge in [0, 0.05) is 0 Å². The number of ketones is 1. The first-order valence-corrected chi connectivity index (χ1v) is 10.4. The predicted octanol–water partition coefficient (Wildman–Crippen LogP) is 3.41. The van der Waals surface area contributed by atoms with Gasteiger partial charge in [0.25, 0.3) is 5.72 Å². The number of allylic oxidation sites excluding steroid dienone is 1. The van der Waals surface area contributed by atoms with Gasteiger partial charge in [0.05, 0.1) is 5.56 Å². The summed E-state index contributed by atoms with van der Waals surface area (Å²) in [6.07, 6.45) is 8.02. The Hall–Kier alpha value is -3.52. The molecule has 0 fully saturated rings. The standard InChI is InChI=1S/C23H25N5O3/c1-2-3-4-6-16-9-11-17(12-10-16)13-14-19(29)18-7-5-8-20-21(18)31-23(24,15-30-20)22-25-27-28-26-22/h5,7-14H,2-4,6,15,24H2,1H3,(H,25,26,27,28). The lowest BCUT2D eigenvalue weighted by molar-refractivity contribution is -0.0154. The van der Waals surface area contributed by atoms with Crippen molar-refractivity contribution in [2.45, 2.75) is 38.3 Å². The predicted molar refractivity (Wildman–Crippen MR) is 116 cm³/mol. The van der Waals surface area contributed by atoms with E-state index in [0.717, 1.165) is 12.0 Å². The fourth-order valence-electron chi connectivity index (χ4n) is 3.42. The lowest BCUT2D eigenvalue weighted by Gasteiger charge is -2.33. The molecule has 3 N–H and O–H groups in total. The van der Waals surface area contributed by atoms with E-state index in [-0.39, 0.29) is 24.0 Å². The summed E-state index contributed by atoms with van der Waals surface area (Å²) in [4.78, 5) is 12.9. The first-order chi connectivity index (χ1) is 15.1. The topological polar surface area (TPSA) is 116 Å². The van der Waals surface area contributed by atoms with Crippen molar-refractivity contribution in [1.82, 2.24) is 20.6 Å². The van der Waals surface area contributed by atoms with E-state index in [9.17, 15) is 4.79 Å². The van der Waals surface area contributed by atoms with Gasteiger partial charge in [-0.15, -0.1) is 5.10 Å². The Morgan fingerprint density at radius 2 is 2.06 bits per heavy atom. The molecule has 160 valence electrons. The molecule has 1 aliphatic rings. The number of benzene rings is 2. The summed E-state index contributed by atoms with van der Waals surface area (Å²) >= 11 is 0. The SMILES string of the molecule is CCCCCc1ccc(C=CC(=O)c2cccc3c2OC(N)(c2nnn[nH]2)CO3)cc1. The molecule has 8 nitrogen and oxygen atoms in total. The molecular weight excluding hydrogens is 394 g/mol. The minimum Gasteiger partial charge on any atom is -0.483 e. The number of aromatic nitrogens is 4. The number of carbonyl (C=O) groups is 1. The molecule has 8 heteroatoms. The Labute approximate surface area is 180 Å². The molecular formula is C23H25N5O3. The molecule has 1 aliphatic heterocycles. The van der Waals surface area contributed by atoms with Crippen LogP contribution in [0.15, 0.2) is 48.5 Å². The number of unbranched alkanes of at least 4 members (excludes halogenated alkanes) is 2. The number of fused-ring (bicyclic) bond motifs is 1. The number of rotatable bonds is 8. The number of hydrogen-bond acceptors (Lipinski definition) is 7. The highest BCUT2D eigenvalue weighted by Crippen LogP contribution is 2.39. The molecule has 0 aliphatic carbocycles. The van der Waals surface area contributed by atoms with Crippen LogP contribution in [0.2, 0.25) is 0 Å². The lowest BCUT2D eigenvalue weighted by atomic mass is 10.0. The van der Waals surface area contributed by atoms with Gasteiger partial charge in [-0.3, -0.25) is 10.5 Å². The van der Waals surface area contributed by atoms with E-state index >= 15 is 0 Å². The summed E-state index contributed by atoms with van der Waals surface area (Å²) in [6.45, 7) is 2.21. The van der Waals surface area contributed by atoms with Gasteiger partial charge in [-0.25, -0.2) is 5.10 Å². The summed E-state index contributed by atoms with van der Waals surface area (Å²) in [5.74, 6) is 0.722. The zero-order valence-electron chi connectivity index (χ0n) is 17.4. The summed E-state index contributed by atoms with van der Waals surface area (Å²) < 4.78 is 11.7. The second-order valence-corrected chi connectivity index (χ2v) is 7.56. The van der Waals surface area contributed by atoms with Crippen LogP contribution >= 0.6 is 0 Å². The van der Waals surface area contributed by atoms with Crippen LogP contribution in [0.4, 0.5) is 0 Å². The van der Waals surface area contributed by atoms with Crippen LogP contribution in [-0.2, 0) is 12.1 Å². The second kappa shape index (κ2) is 9.09. The Morgan fingerprint density at radius 1 is 1.23 bits per heavy atom. The number of aromatic amines is 1. The van der Waals surface area contributed by atoms with Gasteiger partial charge < -0.3 is 9.47 Å². The second-order valence-electron chi connectivity index (χ2n) is 7.56. The molecule has 0 bridgehead atoms. The number of nitrogens with zero attached hydrogens (tertiary/aromatic N) is 3. The maximum absolute atomic E-state index is 12.9. The minimum absolute atomic E-state index is 0.00889. The number of carbonyl (C=O) groups excluding carboxylic acids is 1. The number of H-pyrrole nitrogens is 1. The van der Waals surface area contributed by atoms with Crippen molar-refractivity contribution >= 4 is 11.9 Å². The normalized spacial score (nSPS) is 17.7. The molecule has 2 aromatic carbocycles. The Bertz CT molecular complexity index is 1060. The number of nitrogens with one attached hydrogen (secondary N) is 1. The Balaban J connectivity index is 1.50. The van der Waals surface area contributed by atoms with Gasteiger partial charge in [0.2, 0.25) is 5.82 Å². The van der Waals surface area contributed by atoms with Crippen molar-refractivity contribution in [1.29, 1.82) is 0 Å². The van der Waals surface area contributed by atoms with Crippen molar-refractivity contribution < 1.29 is 14.3 Å². The van der Waals surface area contributed by atoms with Gasteiger partial charge >= 0.3 is 0 Å². The largest absolute Gasteiger partial charge is 0.483 e. The molecule has 0 saturated carbocycles. The minimum atomic E-state index is -1.41. The Kier molecular flexibility index (Phi) is 6.08. The number of ether oxygens (including phenoxy) is 2. The maximum atomic E-state index is 12.9. The molecule has 0 amide bonds. The van der Waals surface area contributed by atoms with Crippen molar-refractivity contribution in [3.05, 3.63) is 71.1 Å². The van der Waals surface area contributed by atoms with Crippen LogP contribution in [-0.4, -0.2) is 33.0 Å². The molecule has 31 heavy (non-hydrogen) atoms. The first kappa shape index (κ1) is 20.7. The van der Waals surface area contributed by atoms with Crippen molar-refractivity contribution in [2.75, 3.05) is 6.61 Å². The average molecular weight is 419 g/mol. The van der Waals surface area contributed by atoms with Crippen LogP contribution < -0.4 is 15.2 Å². The van der Waals surface area contributed by atoms with Gasteiger partial charge in [0.15, 0.2) is 17.3 Å². The van der Waals surface area contributed by atoms with Crippen molar-refractivity contribution in [3.8, 4) is 11.5 Å². The lowest BCUT2D eigenvalue weighted by Crippen LogP contribution is -2.51. The highest BCUT2D eigenvalue weighted by molar-refractivity contribution is 6.09.